The van der Waals surface area contributed by atoms with E-state index in [1.165, 1.54) is 0 Å². The Morgan fingerprint density at radius 3 is 2.21 bits per heavy atom. The zero-order valence-electron chi connectivity index (χ0n) is 8.41. The number of rotatable bonds is 3. The Morgan fingerprint density at radius 1 is 1.21 bits per heavy atom. The summed E-state index contributed by atoms with van der Waals surface area (Å²) < 4.78 is 0. The van der Waals surface area contributed by atoms with Gasteiger partial charge in [0.25, 0.3) is 0 Å². The van der Waals surface area contributed by atoms with E-state index < -0.39 is 12.1 Å². The lowest BCUT2D eigenvalue weighted by molar-refractivity contribution is -0.138. The van der Waals surface area contributed by atoms with Crippen LogP contribution in [0, 0.1) is 5.92 Å². The van der Waals surface area contributed by atoms with Gasteiger partial charge >= 0.3 is 0 Å². The molecule has 0 spiro atoms. The number of carbonyl (C=O) groups is 2. The van der Waals surface area contributed by atoms with Gasteiger partial charge in [-0.2, -0.15) is 0 Å². The summed E-state index contributed by atoms with van der Waals surface area (Å²) in [6.45, 7) is 3.61. The minimum atomic E-state index is -0.786. The van der Waals surface area contributed by atoms with Gasteiger partial charge in [-0.1, -0.05) is 13.8 Å². The second-order valence-electron chi connectivity index (χ2n) is 3.93. The predicted molar refractivity (Wildman–Crippen MR) is 50.4 cm³/mol. The van der Waals surface area contributed by atoms with Crippen LogP contribution in [0.5, 0.6) is 0 Å². The van der Waals surface area contributed by atoms with Crippen molar-refractivity contribution in [2.75, 3.05) is 6.61 Å². The van der Waals surface area contributed by atoms with Gasteiger partial charge in [-0.05, 0) is 12.3 Å². The van der Waals surface area contributed by atoms with Crippen molar-refractivity contribution in [3.63, 3.8) is 0 Å². The summed E-state index contributed by atoms with van der Waals surface area (Å²) >= 11 is 0. The molecule has 0 aromatic rings. The standard InChI is InChI=1S/C9H16N2O3/c1-5(2)3-6-8(13)11-7(4-12)9(14)10-6/h5-7,12H,3-4H2,1-2H3,(H,10,14)(H,11,13)/t6-,7-/m0/s1. The van der Waals surface area contributed by atoms with E-state index >= 15 is 0 Å². The van der Waals surface area contributed by atoms with Gasteiger partial charge in [-0.15, -0.1) is 0 Å². The van der Waals surface area contributed by atoms with Gasteiger partial charge < -0.3 is 15.7 Å². The second kappa shape index (κ2) is 4.41. The van der Waals surface area contributed by atoms with Crippen LogP contribution in [-0.4, -0.2) is 35.6 Å². The molecule has 1 aliphatic rings. The number of aliphatic hydroxyl groups excluding tert-OH is 1. The lowest BCUT2D eigenvalue weighted by atomic mass is 10.0. The molecule has 0 aliphatic carbocycles. The fraction of sp³-hybridized carbons (Fsp3) is 0.778. The second-order valence-corrected chi connectivity index (χ2v) is 3.93. The molecular weight excluding hydrogens is 184 g/mol. The third kappa shape index (κ3) is 2.45. The van der Waals surface area contributed by atoms with Gasteiger partial charge in [-0.25, -0.2) is 0 Å². The van der Waals surface area contributed by atoms with Gasteiger partial charge in [0, 0.05) is 0 Å². The molecule has 5 heteroatoms. The topological polar surface area (TPSA) is 78.4 Å². The molecular formula is C9H16N2O3. The van der Waals surface area contributed by atoms with E-state index in [0.717, 1.165) is 0 Å². The number of carbonyl (C=O) groups excluding carboxylic acids is 2. The predicted octanol–water partition coefficient (Wildman–Crippen LogP) is -0.992. The number of nitrogens with one attached hydrogen (secondary N) is 2. The number of hydrogen-bond acceptors (Lipinski definition) is 3. The third-order valence-corrected chi connectivity index (χ3v) is 2.16. The first-order valence-electron chi connectivity index (χ1n) is 4.76. The van der Waals surface area contributed by atoms with Crippen LogP contribution >= 0.6 is 0 Å². The van der Waals surface area contributed by atoms with Crippen LogP contribution in [0.4, 0.5) is 0 Å². The highest BCUT2D eigenvalue weighted by molar-refractivity contribution is 5.96. The van der Waals surface area contributed by atoms with Crippen LogP contribution in [0.15, 0.2) is 0 Å². The summed E-state index contributed by atoms with van der Waals surface area (Å²) in [6.07, 6.45) is 0.621. The first-order valence-corrected chi connectivity index (χ1v) is 4.76. The van der Waals surface area contributed by atoms with Crippen LogP contribution in [0.2, 0.25) is 0 Å². The first kappa shape index (κ1) is 11.0. The summed E-state index contributed by atoms with van der Waals surface area (Å²) in [4.78, 5) is 22.7. The van der Waals surface area contributed by atoms with E-state index in [2.05, 4.69) is 10.6 Å². The number of aliphatic hydroxyl groups is 1. The van der Waals surface area contributed by atoms with Gasteiger partial charge in [0.15, 0.2) is 0 Å². The summed E-state index contributed by atoms with van der Waals surface area (Å²) in [7, 11) is 0. The Balaban J connectivity index is 2.57. The Hall–Kier alpha value is -1.10. The maximum absolute atomic E-state index is 11.4. The van der Waals surface area contributed by atoms with Crippen molar-refractivity contribution in [1.29, 1.82) is 0 Å². The van der Waals surface area contributed by atoms with Crippen molar-refractivity contribution < 1.29 is 14.7 Å². The molecule has 1 aliphatic heterocycles. The fourth-order valence-corrected chi connectivity index (χ4v) is 1.44. The van der Waals surface area contributed by atoms with Crippen molar-refractivity contribution in [2.45, 2.75) is 32.4 Å². The van der Waals surface area contributed by atoms with Crippen molar-refractivity contribution in [3.05, 3.63) is 0 Å². The van der Waals surface area contributed by atoms with Gasteiger partial charge in [0.2, 0.25) is 11.8 Å². The average molecular weight is 200 g/mol. The van der Waals surface area contributed by atoms with E-state index in [0.29, 0.717) is 12.3 Å². The molecule has 0 unspecified atom stereocenters. The van der Waals surface area contributed by atoms with Crippen LogP contribution in [0.1, 0.15) is 20.3 Å². The quantitative estimate of drug-likeness (QED) is 0.547. The van der Waals surface area contributed by atoms with Gasteiger partial charge in [0.1, 0.15) is 12.1 Å². The van der Waals surface area contributed by atoms with Crippen molar-refractivity contribution in [1.82, 2.24) is 10.6 Å². The molecule has 0 saturated carbocycles. The normalized spacial score (nSPS) is 27.4. The van der Waals surface area contributed by atoms with E-state index in [1.807, 2.05) is 13.8 Å². The Bertz CT molecular complexity index is 240. The minimum Gasteiger partial charge on any atom is -0.394 e. The molecule has 14 heavy (non-hydrogen) atoms. The SMILES string of the molecule is CC(C)C[C@@H]1NC(=O)[C@H](CO)NC1=O. The van der Waals surface area contributed by atoms with Gasteiger partial charge in [0.05, 0.1) is 6.61 Å². The number of hydrogen-bond donors (Lipinski definition) is 3. The molecule has 1 heterocycles. The zero-order chi connectivity index (χ0) is 10.7. The van der Waals surface area contributed by atoms with Crippen molar-refractivity contribution in [2.24, 2.45) is 5.92 Å². The lowest BCUT2D eigenvalue weighted by Gasteiger charge is -2.29. The minimum absolute atomic E-state index is 0.211. The summed E-state index contributed by atoms with van der Waals surface area (Å²) in [5, 5.41) is 13.8. The molecule has 1 saturated heterocycles. The first-order chi connectivity index (χ1) is 6.54. The van der Waals surface area contributed by atoms with Crippen LogP contribution in [0.25, 0.3) is 0 Å². The van der Waals surface area contributed by atoms with Crippen molar-refractivity contribution in [3.8, 4) is 0 Å². The largest absolute Gasteiger partial charge is 0.394 e. The summed E-state index contributed by atoms with van der Waals surface area (Å²) in [6, 6.07) is -1.24. The molecule has 1 rings (SSSR count). The summed E-state index contributed by atoms with van der Waals surface area (Å²) in [5.74, 6) is -0.174. The lowest BCUT2D eigenvalue weighted by Crippen LogP contribution is -2.63. The van der Waals surface area contributed by atoms with Gasteiger partial charge in [-0.3, -0.25) is 9.59 Å². The molecule has 5 nitrogen and oxygen atoms in total. The Morgan fingerprint density at radius 2 is 1.71 bits per heavy atom. The molecule has 0 aromatic carbocycles. The molecule has 2 atom stereocenters. The number of piperazine rings is 1. The molecule has 0 radical (unpaired) electrons. The molecule has 0 aromatic heterocycles. The van der Waals surface area contributed by atoms with E-state index in [1.54, 1.807) is 0 Å². The Labute approximate surface area is 82.9 Å². The van der Waals surface area contributed by atoms with Crippen LogP contribution in [0.3, 0.4) is 0 Å². The molecule has 3 N–H and O–H groups in total. The maximum atomic E-state index is 11.4. The third-order valence-electron chi connectivity index (χ3n) is 2.16. The molecule has 80 valence electrons. The van der Waals surface area contributed by atoms with Crippen LogP contribution in [-0.2, 0) is 9.59 Å². The van der Waals surface area contributed by atoms with Crippen molar-refractivity contribution >= 4 is 11.8 Å². The smallest absolute Gasteiger partial charge is 0.245 e. The fourth-order valence-electron chi connectivity index (χ4n) is 1.44. The van der Waals surface area contributed by atoms with E-state index in [9.17, 15) is 9.59 Å². The summed E-state index contributed by atoms with van der Waals surface area (Å²) in [5.41, 5.74) is 0. The maximum Gasteiger partial charge on any atom is 0.245 e. The number of amides is 2. The van der Waals surface area contributed by atoms with E-state index in [4.69, 9.17) is 5.11 Å². The molecule has 2 amide bonds. The monoisotopic (exact) mass is 200 g/mol. The highest BCUT2D eigenvalue weighted by Gasteiger charge is 2.33. The highest BCUT2D eigenvalue weighted by Crippen LogP contribution is 2.08. The molecule has 0 bridgehead atoms. The van der Waals surface area contributed by atoms with Crippen LogP contribution < -0.4 is 10.6 Å². The highest BCUT2D eigenvalue weighted by atomic mass is 16.3. The zero-order valence-corrected chi connectivity index (χ0v) is 8.41. The average Bonchev–Trinajstić information content (AvgIpc) is 2.10. The van der Waals surface area contributed by atoms with E-state index in [-0.39, 0.29) is 18.4 Å². The Kier molecular flexibility index (Phi) is 3.46. The molecule has 1 fully saturated rings.